The Morgan fingerprint density at radius 1 is 1.50 bits per heavy atom. The van der Waals surface area contributed by atoms with Gasteiger partial charge in [0.15, 0.2) is 5.16 Å². The second-order valence-corrected chi connectivity index (χ2v) is 5.29. The molecule has 0 saturated heterocycles. The van der Waals surface area contributed by atoms with Crippen LogP contribution in [0.25, 0.3) is 0 Å². The Kier molecular flexibility index (Phi) is 5.61. The molecule has 102 valence electrons. The van der Waals surface area contributed by atoms with Crippen molar-refractivity contribution in [2.75, 3.05) is 19.5 Å². The van der Waals surface area contributed by atoms with Gasteiger partial charge in [0.25, 0.3) is 0 Å². The second kappa shape index (κ2) is 6.75. The SMILES string of the molecule is COCC(C(C)C)n1c(C)nnc1SCC(=O)O. The van der Waals surface area contributed by atoms with Crippen molar-refractivity contribution in [3.05, 3.63) is 5.82 Å². The Labute approximate surface area is 111 Å². The van der Waals surface area contributed by atoms with Gasteiger partial charge in [0.1, 0.15) is 5.82 Å². The number of carbonyl (C=O) groups is 1. The molecular formula is C11H19N3O3S. The number of rotatable bonds is 7. The van der Waals surface area contributed by atoms with Gasteiger partial charge in [-0.2, -0.15) is 0 Å². The molecule has 0 spiro atoms. The Hall–Kier alpha value is -1.08. The summed E-state index contributed by atoms with van der Waals surface area (Å²) >= 11 is 1.18. The predicted octanol–water partition coefficient (Wildman–Crippen LogP) is 1.61. The highest BCUT2D eigenvalue weighted by Gasteiger charge is 2.22. The Bertz CT molecular complexity index is 406. The van der Waals surface area contributed by atoms with Crippen LogP contribution in [0.15, 0.2) is 5.16 Å². The Morgan fingerprint density at radius 2 is 2.17 bits per heavy atom. The van der Waals surface area contributed by atoms with E-state index in [4.69, 9.17) is 9.84 Å². The van der Waals surface area contributed by atoms with Crippen molar-refractivity contribution in [2.45, 2.75) is 32.0 Å². The summed E-state index contributed by atoms with van der Waals surface area (Å²) in [6, 6.07) is 0.112. The molecule has 0 bridgehead atoms. The van der Waals surface area contributed by atoms with Crippen LogP contribution in [0.4, 0.5) is 0 Å². The molecule has 6 nitrogen and oxygen atoms in total. The molecule has 0 aliphatic rings. The normalized spacial score (nSPS) is 12.9. The first-order valence-electron chi connectivity index (χ1n) is 5.72. The molecule has 0 fully saturated rings. The zero-order chi connectivity index (χ0) is 13.7. The lowest BCUT2D eigenvalue weighted by molar-refractivity contribution is -0.133. The van der Waals surface area contributed by atoms with Crippen LogP contribution in [0.5, 0.6) is 0 Å². The number of carboxylic acids is 1. The zero-order valence-electron chi connectivity index (χ0n) is 11.1. The first kappa shape index (κ1) is 15.0. The van der Waals surface area contributed by atoms with Crippen LogP contribution < -0.4 is 0 Å². The summed E-state index contributed by atoms with van der Waals surface area (Å²) in [4.78, 5) is 10.6. The van der Waals surface area contributed by atoms with Gasteiger partial charge in [-0.15, -0.1) is 10.2 Å². The van der Waals surface area contributed by atoms with Crippen LogP contribution in [-0.4, -0.2) is 45.3 Å². The van der Waals surface area contributed by atoms with Crippen molar-refractivity contribution < 1.29 is 14.6 Å². The molecule has 1 rings (SSSR count). The molecule has 0 saturated carbocycles. The van der Waals surface area contributed by atoms with E-state index < -0.39 is 5.97 Å². The van der Waals surface area contributed by atoms with Crippen molar-refractivity contribution >= 4 is 17.7 Å². The molecule has 0 aliphatic carbocycles. The third kappa shape index (κ3) is 3.71. The molecule has 0 amide bonds. The van der Waals surface area contributed by atoms with Crippen molar-refractivity contribution in [1.82, 2.24) is 14.8 Å². The van der Waals surface area contributed by atoms with Crippen LogP contribution in [0, 0.1) is 12.8 Å². The van der Waals surface area contributed by atoms with Crippen LogP contribution >= 0.6 is 11.8 Å². The zero-order valence-corrected chi connectivity index (χ0v) is 11.9. The minimum absolute atomic E-state index is 0.0179. The van der Waals surface area contributed by atoms with E-state index in [-0.39, 0.29) is 11.8 Å². The minimum atomic E-state index is -0.861. The maximum Gasteiger partial charge on any atom is 0.313 e. The lowest BCUT2D eigenvalue weighted by Gasteiger charge is -2.23. The average Bonchev–Trinajstić information content (AvgIpc) is 2.64. The third-order valence-corrected chi connectivity index (χ3v) is 3.53. The molecule has 18 heavy (non-hydrogen) atoms. The molecule has 1 aromatic rings. The maximum atomic E-state index is 10.6. The van der Waals surface area contributed by atoms with Crippen molar-refractivity contribution in [1.29, 1.82) is 0 Å². The number of thioether (sulfide) groups is 1. The van der Waals surface area contributed by atoms with Gasteiger partial charge in [0, 0.05) is 7.11 Å². The second-order valence-electron chi connectivity index (χ2n) is 4.35. The first-order valence-corrected chi connectivity index (χ1v) is 6.71. The summed E-state index contributed by atoms with van der Waals surface area (Å²) in [7, 11) is 1.65. The van der Waals surface area contributed by atoms with Crippen LogP contribution in [0.3, 0.4) is 0 Å². The van der Waals surface area contributed by atoms with Crippen LogP contribution in [0.2, 0.25) is 0 Å². The number of aliphatic carboxylic acids is 1. The van der Waals surface area contributed by atoms with Gasteiger partial charge < -0.3 is 14.4 Å². The van der Waals surface area contributed by atoms with E-state index >= 15 is 0 Å². The summed E-state index contributed by atoms with van der Waals surface area (Å²) in [5.74, 6) is 0.248. The number of nitrogens with zero attached hydrogens (tertiary/aromatic N) is 3. The number of carboxylic acid groups (broad SMARTS) is 1. The average molecular weight is 273 g/mol. The fraction of sp³-hybridized carbons (Fsp3) is 0.727. The lowest BCUT2D eigenvalue weighted by atomic mass is 10.1. The number of ether oxygens (including phenoxy) is 1. The van der Waals surface area contributed by atoms with Crippen molar-refractivity contribution in [3.63, 3.8) is 0 Å². The standard InChI is InChI=1S/C11H19N3O3S/c1-7(2)9(5-17-4)14-8(3)12-13-11(14)18-6-10(15)16/h7,9H,5-6H2,1-4H3,(H,15,16). The quantitative estimate of drug-likeness (QED) is 0.760. The molecular weight excluding hydrogens is 254 g/mol. The van der Waals surface area contributed by atoms with E-state index in [0.29, 0.717) is 17.7 Å². The van der Waals surface area contributed by atoms with Crippen LogP contribution in [-0.2, 0) is 9.53 Å². The van der Waals surface area contributed by atoms with E-state index in [0.717, 1.165) is 5.82 Å². The fourth-order valence-electron chi connectivity index (χ4n) is 1.69. The summed E-state index contributed by atoms with van der Waals surface area (Å²) in [6.07, 6.45) is 0. The van der Waals surface area contributed by atoms with E-state index in [9.17, 15) is 4.79 Å². The number of hydrogen-bond acceptors (Lipinski definition) is 5. The molecule has 1 unspecified atom stereocenters. The largest absolute Gasteiger partial charge is 0.481 e. The van der Waals surface area contributed by atoms with Gasteiger partial charge in [-0.1, -0.05) is 25.6 Å². The van der Waals surface area contributed by atoms with Gasteiger partial charge in [-0.25, -0.2) is 0 Å². The summed E-state index contributed by atoms with van der Waals surface area (Å²) in [6.45, 7) is 6.60. The molecule has 1 heterocycles. The minimum Gasteiger partial charge on any atom is -0.481 e. The fourth-order valence-corrected chi connectivity index (χ4v) is 2.45. The highest BCUT2D eigenvalue weighted by Crippen LogP contribution is 2.26. The molecule has 0 radical (unpaired) electrons. The number of hydrogen-bond donors (Lipinski definition) is 1. The number of methoxy groups -OCH3 is 1. The Morgan fingerprint density at radius 3 is 2.67 bits per heavy atom. The van der Waals surface area contributed by atoms with Crippen molar-refractivity contribution in [3.8, 4) is 0 Å². The molecule has 0 aliphatic heterocycles. The molecule has 1 aromatic heterocycles. The van der Waals surface area contributed by atoms with E-state index in [1.54, 1.807) is 7.11 Å². The van der Waals surface area contributed by atoms with Gasteiger partial charge in [0.05, 0.1) is 18.4 Å². The lowest BCUT2D eigenvalue weighted by Crippen LogP contribution is -2.22. The summed E-state index contributed by atoms with van der Waals surface area (Å²) in [5, 5.41) is 17.4. The number of aromatic nitrogens is 3. The Balaban J connectivity index is 2.96. The number of aryl methyl sites for hydroxylation is 1. The molecule has 0 aromatic carbocycles. The monoisotopic (exact) mass is 273 g/mol. The highest BCUT2D eigenvalue weighted by atomic mass is 32.2. The molecule has 7 heteroatoms. The topological polar surface area (TPSA) is 77.2 Å². The van der Waals surface area contributed by atoms with Crippen LogP contribution in [0.1, 0.15) is 25.7 Å². The predicted molar refractivity (Wildman–Crippen MR) is 68.9 cm³/mol. The van der Waals surface area contributed by atoms with Gasteiger partial charge >= 0.3 is 5.97 Å². The third-order valence-electron chi connectivity index (χ3n) is 2.60. The summed E-state index contributed by atoms with van der Waals surface area (Å²) < 4.78 is 7.18. The smallest absolute Gasteiger partial charge is 0.313 e. The molecule has 1 N–H and O–H groups in total. The van der Waals surface area contributed by atoms with Gasteiger partial charge in [-0.3, -0.25) is 4.79 Å². The maximum absolute atomic E-state index is 10.6. The van der Waals surface area contributed by atoms with Gasteiger partial charge in [0.2, 0.25) is 0 Å². The first-order chi connectivity index (χ1) is 8.47. The van der Waals surface area contributed by atoms with Gasteiger partial charge in [-0.05, 0) is 12.8 Å². The van der Waals surface area contributed by atoms with E-state index in [1.165, 1.54) is 11.8 Å². The van der Waals surface area contributed by atoms with Crippen molar-refractivity contribution in [2.24, 2.45) is 5.92 Å². The molecule has 1 atom stereocenters. The summed E-state index contributed by atoms with van der Waals surface area (Å²) in [5.41, 5.74) is 0. The van der Waals surface area contributed by atoms with E-state index in [1.807, 2.05) is 11.5 Å². The van der Waals surface area contributed by atoms with E-state index in [2.05, 4.69) is 24.0 Å². The highest BCUT2D eigenvalue weighted by molar-refractivity contribution is 7.99.